The van der Waals surface area contributed by atoms with E-state index in [1.54, 1.807) is 12.1 Å². The molecule has 76 valence electrons. The molecule has 0 radical (unpaired) electrons. The van der Waals surface area contributed by atoms with E-state index in [2.05, 4.69) is 0 Å². The van der Waals surface area contributed by atoms with Crippen LogP contribution in [0.3, 0.4) is 0 Å². The van der Waals surface area contributed by atoms with Gasteiger partial charge in [-0.3, -0.25) is 4.79 Å². The Hall–Kier alpha value is -1.82. The van der Waals surface area contributed by atoms with Gasteiger partial charge < -0.3 is 5.73 Å². The second kappa shape index (κ2) is 3.74. The van der Waals surface area contributed by atoms with E-state index in [0.717, 1.165) is 18.4 Å². The molecule has 1 aromatic rings. The minimum absolute atomic E-state index is 0.246. The molecule has 0 heterocycles. The van der Waals surface area contributed by atoms with E-state index in [0.29, 0.717) is 17.7 Å². The maximum Gasteiger partial charge on any atom is 0.140 e. The number of carbonyl (C=O) groups is 1. The molecule has 15 heavy (non-hydrogen) atoms. The number of rotatable bonds is 3. The standard InChI is InChI=1S/C12H12N2O/c13-7-10-3-1-2-9(12(10)14)6-11(15)8-4-5-8/h1-3,8H,4-6,14H2. The molecule has 2 N–H and O–H groups in total. The quantitative estimate of drug-likeness (QED) is 0.754. The molecule has 1 aliphatic rings. The van der Waals surface area contributed by atoms with Gasteiger partial charge >= 0.3 is 0 Å². The first-order chi connectivity index (χ1) is 7.22. The van der Waals surface area contributed by atoms with E-state index in [4.69, 9.17) is 11.0 Å². The molecule has 1 aromatic carbocycles. The molecule has 3 heteroatoms. The summed E-state index contributed by atoms with van der Waals surface area (Å²) in [4.78, 5) is 11.6. The summed E-state index contributed by atoms with van der Waals surface area (Å²) in [6.07, 6.45) is 2.39. The molecular formula is C12H12N2O. The summed E-state index contributed by atoms with van der Waals surface area (Å²) in [5, 5.41) is 8.78. The Morgan fingerprint density at radius 3 is 2.87 bits per heavy atom. The fourth-order valence-electron chi connectivity index (χ4n) is 1.60. The van der Waals surface area contributed by atoms with Gasteiger partial charge in [-0.1, -0.05) is 12.1 Å². The van der Waals surface area contributed by atoms with Crippen LogP contribution in [-0.2, 0) is 11.2 Å². The van der Waals surface area contributed by atoms with Gasteiger partial charge in [-0.2, -0.15) is 5.26 Å². The van der Waals surface area contributed by atoms with Crippen molar-refractivity contribution in [1.29, 1.82) is 5.26 Å². The largest absolute Gasteiger partial charge is 0.397 e. The van der Waals surface area contributed by atoms with Crippen LogP contribution in [0, 0.1) is 17.2 Å². The molecule has 0 unspecified atom stereocenters. The van der Waals surface area contributed by atoms with Crippen molar-refractivity contribution in [2.24, 2.45) is 5.92 Å². The normalized spacial score (nSPS) is 14.6. The lowest BCUT2D eigenvalue weighted by atomic mass is 10.0. The summed E-state index contributed by atoms with van der Waals surface area (Å²) in [6.45, 7) is 0. The summed E-state index contributed by atoms with van der Waals surface area (Å²) in [5.74, 6) is 0.493. The van der Waals surface area contributed by atoms with Gasteiger partial charge in [0, 0.05) is 12.3 Å². The van der Waals surface area contributed by atoms with Gasteiger partial charge in [0.1, 0.15) is 11.9 Å². The van der Waals surface area contributed by atoms with Crippen LogP contribution in [0.25, 0.3) is 0 Å². The number of benzene rings is 1. The highest BCUT2D eigenvalue weighted by Gasteiger charge is 2.29. The first-order valence-corrected chi connectivity index (χ1v) is 5.02. The van der Waals surface area contributed by atoms with E-state index in [-0.39, 0.29) is 11.7 Å². The van der Waals surface area contributed by atoms with E-state index >= 15 is 0 Å². The summed E-state index contributed by atoms with van der Waals surface area (Å²) in [5.41, 5.74) is 7.48. The van der Waals surface area contributed by atoms with Crippen LogP contribution in [0.1, 0.15) is 24.0 Å². The van der Waals surface area contributed by atoms with Gasteiger partial charge in [0.05, 0.1) is 11.3 Å². The molecule has 1 aliphatic carbocycles. The molecular weight excluding hydrogens is 188 g/mol. The van der Waals surface area contributed by atoms with E-state index in [1.165, 1.54) is 0 Å². The number of nitrogens with two attached hydrogens (primary N) is 1. The number of anilines is 1. The second-order valence-corrected chi connectivity index (χ2v) is 3.91. The number of ketones is 1. The summed E-state index contributed by atoms with van der Waals surface area (Å²) < 4.78 is 0. The zero-order valence-electron chi connectivity index (χ0n) is 8.36. The van der Waals surface area contributed by atoms with E-state index in [1.807, 2.05) is 12.1 Å². The fourth-order valence-corrected chi connectivity index (χ4v) is 1.60. The topological polar surface area (TPSA) is 66.9 Å². The zero-order valence-corrected chi connectivity index (χ0v) is 8.36. The molecule has 0 atom stereocenters. The maximum atomic E-state index is 11.6. The van der Waals surface area contributed by atoms with Crippen molar-refractivity contribution in [1.82, 2.24) is 0 Å². The summed E-state index contributed by atoms with van der Waals surface area (Å²) >= 11 is 0. The number of Topliss-reactive ketones (excluding diaryl/α,β-unsaturated/α-hetero) is 1. The Morgan fingerprint density at radius 1 is 1.53 bits per heavy atom. The summed E-state index contributed by atoms with van der Waals surface area (Å²) in [6, 6.07) is 7.27. The van der Waals surface area contributed by atoms with Crippen LogP contribution in [0.4, 0.5) is 5.69 Å². The molecule has 1 fully saturated rings. The third-order valence-corrected chi connectivity index (χ3v) is 2.71. The lowest BCUT2D eigenvalue weighted by Crippen LogP contribution is -2.07. The van der Waals surface area contributed by atoms with Crippen LogP contribution >= 0.6 is 0 Å². The molecule has 0 aliphatic heterocycles. The SMILES string of the molecule is N#Cc1cccc(CC(=O)C2CC2)c1N. The predicted molar refractivity (Wildman–Crippen MR) is 57.0 cm³/mol. The molecule has 1 saturated carbocycles. The van der Waals surface area contributed by atoms with Gasteiger partial charge in [0.15, 0.2) is 0 Å². The van der Waals surface area contributed by atoms with Gasteiger partial charge in [-0.05, 0) is 24.5 Å². The van der Waals surface area contributed by atoms with Crippen molar-refractivity contribution in [3.8, 4) is 6.07 Å². The number of hydrogen-bond donors (Lipinski definition) is 1. The highest BCUT2D eigenvalue weighted by atomic mass is 16.1. The average Bonchev–Trinajstić information content (AvgIpc) is 3.04. The highest BCUT2D eigenvalue weighted by Crippen LogP contribution is 2.31. The Morgan fingerprint density at radius 2 is 2.27 bits per heavy atom. The van der Waals surface area contributed by atoms with Crippen molar-refractivity contribution in [3.05, 3.63) is 29.3 Å². The summed E-state index contributed by atoms with van der Waals surface area (Å²) in [7, 11) is 0. The third-order valence-electron chi connectivity index (χ3n) is 2.71. The van der Waals surface area contributed by atoms with Crippen LogP contribution < -0.4 is 5.73 Å². The molecule has 0 aromatic heterocycles. The Kier molecular flexibility index (Phi) is 2.42. The monoisotopic (exact) mass is 200 g/mol. The first-order valence-electron chi connectivity index (χ1n) is 5.02. The van der Waals surface area contributed by atoms with Crippen LogP contribution in [0.15, 0.2) is 18.2 Å². The number of nitriles is 1. The van der Waals surface area contributed by atoms with E-state index in [9.17, 15) is 4.79 Å². The molecule has 0 amide bonds. The molecule has 0 spiro atoms. The average molecular weight is 200 g/mol. The third kappa shape index (κ3) is 1.99. The first kappa shape index (κ1) is 9.72. The van der Waals surface area contributed by atoms with Gasteiger partial charge in [0.25, 0.3) is 0 Å². The maximum absolute atomic E-state index is 11.6. The van der Waals surface area contributed by atoms with Gasteiger partial charge in [0.2, 0.25) is 0 Å². The van der Waals surface area contributed by atoms with Gasteiger partial charge in [-0.25, -0.2) is 0 Å². The minimum Gasteiger partial charge on any atom is -0.397 e. The molecule has 3 nitrogen and oxygen atoms in total. The fraction of sp³-hybridized carbons (Fsp3) is 0.333. The van der Waals surface area contributed by atoms with Crippen molar-refractivity contribution in [3.63, 3.8) is 0 Å². The van der Waals surface area contributed by atoms with Crippen LogP contribution in [0.2, 0.25) is 0 Å². The predicted octanol–water partition coefficient (Wildman–Crippen LogP) is 1.66. The van der Waals surface area contributed by atoms with Gasteiger partial charge in [-0.15, -0.1) is 0 Å². The van der Waals surface area contributed by atoms with Crippen molar-refractivity contribution >= 4 is 11.5 Å². The lowest BCUT2D eigenvalue weighted by molar-refractivity contribution is -0.119. The van der Waals surface area contributed by atoms with Crippen LogP contribution in [-0.4, -0.2) is 5.78 Å². The minimum atomic E-state index is 0.246. The number of hydrogen-bond acceptors (Lipinski definition) is 3. The van der Waals surface area contributed by atoms with Crippen molar-refractivity contribution < 1.29 is 4.79 Å². The van der Waals surface area contributed by atoms with Crippen molar-refractivity contribution in [2.75, 3.05) is 5.73 Å². The number of para-hydroxylation sites is 1. The van der Waals surface area contributed by atoms with E-state index < -0.39 is 0 Å². The second-order valence-electron chi connectivity index (χ2n) is 3.91. The molecule has 0 bridgehead atoms. The van der Waals surface area contributed by atoms with Crippen molar-refractivity contribution in [2.45, 2.75) is 19.3 Å². The Bertz CT molecular complexity index is 441. The number of carbonyl (C=O) groups excluding carboxylic acids is 1. The Balaban J connectivity index is 2.21. The highest BCUT2D eigenvalue weighted by molar-refractivity contribution is 5.86. The zero-order chi connectivity index (χ0) is 10.8. The Labute approximate surface area is 88.5 Å². The van der Waals surface area contributed by atoms with Crippen LogP contribution in [0.5, 0.6) is 0 Å². The smallest absolute Gasteiger partial charge is 0.140 e. The number of nitrogens with zero attached hydrogens (tertiary/aromatic N) is 1. The molecule has 0 saturated heterocycles. The molecule has 2 rings (SSSR count). The number of nitrogen functional groups attached to an aromatic ring is 1. The lowest BCUT2D eigenvalue weighted by Gasteiger charge is -2.05.